The van der Waals surface area contributed by atoms with Gasteiger partial charge in [-0.1, -0.05) is 30.7 Å². The third-order valence-electron chi connectivity index (χ3n) is 3.82. The van der Waals surface area contributed by atoms with E-state index in [0.717, 1.165) is 0 Å². The largest absolute Gasteiger partial charge is 0.481 e. The smallest absolute Gasteiger partial charge is 0.338 e. The molecule has 2 rings (SSSR count). The van der Waals surface area contributed by atoms with Crippen molar-refractivity contribution in [3.8, 4) is 5.75 Å². The van der Waals surface area contributed by atoms with E-state index in [1.165, 1.54) is 0 Å². The molecule has 0 spiro atoms. The predicted molar refractivity (Wildman–Crippen MR) is 102 cm³/mol. The van der Waals surface area contributed by atoms with Crippen LogP contribution in [0.25, 0.3) is 0 Å². The highest BCUT2D eigenvalue weighted by Gasteiger charge is 2.21. The summed E-state index contributed by atoms with van der Waals surface area (Å²) >= 11 is 5.95. The minimum absolute atomic E-state index is 0.292. The fraction of sp³-hybridized carbons (Fsp3) is 0.300. The molecule has 0 aliphatic rings. The average molecular weight is 376 g/mol. The number of carbonyl (C=O) groups is 2. The molecule has 26 heavy (non-hydrogen) atoms. The van der Waals surface area contributed by atoms with Gasteiger partial charge in [-0.25, -0.2) is 4.79 Å². The zero-order valence-electron chi connectivity index (χ0n) is 15.0. The van der Waals surface area contributed by atoms with Gasteiger partial charge in [0.05, 0.1) is 12.2 Å². The second kappa shape index (κ2) is 9.25. The maximum Gasteiger partial charge on any atom is 0.338 e. The van der Waals surface area contributed by atoms with Crippen LogP contribution in [0.2, 0.25) is 5.02 Å². The van der Waals surface area contributed by atoms with Crippen LogP contribution in [0, 0.1) is 6.92 Å². The summed E-state index contributed by atoms with van der Waals surface area (Å²) in [5.41, 5.74) is 1.62. The Balaban J connectivity index is 2.14. The number of hydrogen-bond acceptors (Lipinski definition) is 4. The number of carbonyl (C=O) groups excluding carboxylic acids is 2. The Morgan fingerprint density at radius 2 is 1.88 bits per heavy atom. The first-order valence-corrected chi connectivity index (χ1v) is 8.83. The molecule has 0 fully saturated rings. The molecule has 5 nitrogen and oxygen atoms in total. The van der Waals surface area contributed by atoms with Crippen LogP contribution in [-0.2, 0) is 9.53 Å². The van der Waals surface area contributed by atoms with E-state index in [1.807, 2.05) is 6.92 Å². The molecule has 2 aromatic rings. The summed E-state index contributed by atoms with van der Waals surface area (Å²) in [6.07, 6.45) is -0.200. The number of nitrogens with one attached hydrogen (secondary N) is 1. The SMILES string of the molecule is CCOC(=O)c1cccc(NC(=O)C(CC)Oc2cccc(Cl)c2)c1C. The number of esters is 1. The molecular weight excluding hydrogens is 354 g/mol. The Hall–Kier alpha value is -2.53. The van der Waals surface area contributed by atoms with Crippen LogP contribution >= 0.6 is 11.6 Å². The highest BCUT2D eigenvalue weighted by atomic mass is 35.5. The molecule has 0 aliphatic carbocycles. The van der Waals surface area contributed by atoms with Crippen LogP contribution in [0.15, 0.2) is 42.5 Å². The lowest BCUT2D eigenvalue weighted by molar-refractivity contribution is -0.122. The molecule has 0 radical (unpaired) electrons. The second-order valence-corrected chi connectivity index (χ2v) is 6.10. The fourth-order valence-corrected chi connectivity index (χ4v) is 2.62. The summed E-state index contributed by atoms with van der Waals surface area (Å²) < 4.78 is 10.8. The average Bonchev–Trinajstić information content (AvgIpc) is 2.61. The van der Waals surface area contributed by atoms with E-state index in [1.54, 1.807) is 56.3 Å². The minimum Gasteiger partial charge on any atom is -0.481 e. The summed E-state index contributed by atoms with van der Waals surface area (Å²) in [5.74, 6) is -0.184. The molecule has 6 heteroatoms. The van der Waals surface area contributed by atoms with Crippen LogP contribution in [0.1, 0.15) is 36.2 Å². The lowest BCUT2D eigenvalue weighted by Gasteiger charge is -2.19. The zero-order chi connectivity index (χ0) is 19.1. The predicted octanol–water partition coefficient (Wildman–Crippen LogP) is 4.62. The topological polar surface area (TPSA) is 64.6 Å². The van der Waals surface area contributed by atoms with Gasteiger partial charge in [-0.15, -0.1) is 0 Å². The van der Waals surface area contributed by atoms with Gasteiger partial charge in [-0.05, 0) is 56.2 Å². The molecule has 138 valence electrons. The van der Waals surface area contributed by atoms with Crippen LogP contribution in [-0.4, -0.2) is 24.6 Å². The summed E-state index contributed by atoms with van der Waals surface area (Å²) in [5, 5.41) is 3.37. The minimum atomic E-state index is -0.681. The van der Waals surface area contributed by atoms with E-state index >= 15 is 0 Å². The lowest BCUT2D eigenvalue weighted by atomic mass is 10.1. The lowest BCUT2D eigenvalue weighted by Crippen LogP contribution is -2.32. The molecule has 1 atom stereocenters. The van der Waals surface area contributed by atoms with Crippen molar-refractivity contribution in [2.75, 3.05) is 11.9 Å². The van der Waals surface area contributed by atoms with Gasteiger partial charge in [-0.3, -0.25) is 4.79 Å². The van der Waals surface area contributed by atoms with E-state index in [2.05, 4.69) is 5.32 Å². The molecular formula is C20H22ClNO4. The van der Waals surface area contributed by atoms with Crippen molar-refractivity contribution < 1.29 is 19.1 Å². The molecule has 0 bridgehead atoms. The zero-order valence-corrected chi connectivity index (χ0v) is 15.8. The van der Waals surface area contributed by atoms with E-state index in [-0.39, 0.29) is 5.91 Å². The Labute approximate surface area is 158 Å². The van der Waals surface area contributed by atoms with E-state index in [4.69, 9.17) is 21.1 Å². The molecule has 0 saturated heterocycles. The van der Waals surface area contributed by atoms with Crippen LogP contribution in [0.5, 0.6) is 5.75 Å². The number of amides is 1. The Bertz CT molecular complexity index is 791. The first-order chi connectivity index (χ1) is 12.5. The van der Waals surface area contributed by atoms with Gasteiger partial charge in [0.2, 0.25) is 0 Å². The van der Waals surface area contributed by atoms with Crippen LogP contribution in [0.4, 0.5) is 5.69 Å². The normalized spacial score (nSPS) is 11.5. The highest BCUT2D eigenvalue weighted by molar-refractivity contribution is 6.30. The van der Waals surface area contributed by atoms with Gasteiger partial charge in [0, 0.05) is 10.7 Å². The van der Waals surface area contributed by atoms with Gasteiger partial charge in [0.15, 0.2) is 6.10 Å². The molecule has 0 heterocycles. The third kappa shape index (κ3) is 4.99. The number of benzene rings is 2. The number of rotatable bonds is 7. The molecule has 1 unspecified atom stereocenters. The van der Waals surface area contributed by atoms with Crippen LogP contribution < -0.4 is 10.1 Å². The summed E-state index contributed by atoms with van der Waals surface area (Å²) in [6.45, 7) is 5.66. The van der Waals surface area contributed by atoms with E-state index in [9.17, 15) is 9.59 Å². The Morgan fingerprint density at radius 1 is 1.15 bits per heavy atom. The van der Waals surface area contributed by atoms with Gasteiger partial charge >= 0.3 is 5.97 Å². The van der Waals surface area contributed by atoms with Gasteiger partial charge < -0.3 is 14.8 Å². The monoisotopic (exact) mass is 375 g/mol. The number of halogens is 1. The fourth-order valence-electron chi connectivity index (χ4n) is 2.44. The van der Waals surface area contributed by atoms with E-state index < -0.39 is 12.1 Å². The van der Waals surface area contributed by atoms with Crippen molar-refractivity contribution in [1.82, 2.24) is 0 Å². The summed E-state index contributed by atoms with van der Waals surface area (Å²) in [6, 6.07) is 12.0. The summed E-state index contributed by atoms with van der Waals surface area (Å²) in [7, 11) is 0. The second-order valence-electron chi connectivity index (χ2n) is 5.66. The van der Waals surface area contributed by atoms with Crippen molar-refractivity contribution in [3.63, 3.8) is 0 Å². The number of ether oxygens (including phenoxy) is 2. The van der Waals surface area contributed by atoms with Crippen molar-refractivity contribution >= 4 is 29.2 Å². The van der Waals surface area contributed by atoms with Gasteiger partial charge in [-0.2, -0.15) is 0 Å². The molecule has 0 saturated carbocycles. The first-order valence-electron chi connectivity index (χ1n) is 8.46. The Morgan fingerprint density at radius 3 is 2.54 bits per heavy atom. The van der Waals surface area contributed by atoms with Crippen molar-refractivity contribution in [2.45, 2.75) is 33.3 Å². The van der Waals surface area contributed by atoms with Crippen molar-refractivity contribution in [2.24, 2.45) is 0 Å². The standard InChI is InChI=1S/C20H22ClNO4/c1-4-18(26-15-9-6-8-14(21)12-15)19(23)22-17-11-7-10-16(13(17)3)20(24)25-5-2/h6-12,18H,4-5H2,1-3H3,(H,22,23). The summed E-state index contributed by atoms with van der Waals surface area (Å²) in [4.78, 5) is 24.6. The van der Waals surface area contributed by atoms with Gasteiger partial charge in [0.1, 0.15) is 5.75 Å². The third-order valence-corrected chi connectivity index (χ3v) is 4.06. The van der Waals surface area contributed by atoms with Gasteiger partial charge in [0.25, 0.3) is 5.91 Å². The van der Waals surface area contributed by atoms with Crippen molar-refractivity contribution in [3.05, 3.63) is 58.6 Å². The Kier molecular flexibility index (Phi) is 7.04. The maximum atomic E-state index is 12.6. The molecule has 1 amide bonds. The molecule has 0 aliphatic heterocycles. The number of anilines is 1. The molecule has 1 N–H and O–H groups in total. The first kappa shape index (κ1) is 19.8. The van der Waals surface area contributed by atoms with Crippen molar-refractivity contribution in [1.29, 1.82) is 0 Å². The molecule has 2 aromatic carbocycles. The highest BCUT2D eigenvalue weighted by Crippen LogP contribution is 2.22. The van der Waals surface area contributed by atoms with E-state index in [0.29, 0.717) is 40.6 Å². The van der Waals surface area contributed by atoms with Crippen LogP contribution in [0.3, 0.4) is 0 Å². The molecule has 0 aromatic heterocycles. The maximum absolute atomic E-state index is 12.6. The number of hydrogen-bond donors (Lipinski definition) is 1. The quantitative estimate of drug-likeness (QED) is 0.717.